The first-order chi connectivity index (χ1) is 9.04. The summed E-state index contributed by atoms with van der Waals surface area (Å²) in [5, 5.41) is 18.9. The largest absolute Gasteiger partial charge is 0.511 e. The number of carbonyl (C=O) groups is 1. The summed E-state index contributed by atoms with van der Waals surface area (Å²) in [7, 11) is 0. The molecule has 0 spiro atoms. The number of hydrogen-bond acceptors (Lipinski definition) is 3. The van der Waals surface area contributed by atoms with Gasteiger partial charge in [-0.2, -0.15) is 0 Å². The van der Waals surface area contributed by atoms with E-state index in [9.17, 15) is 9.90 Å². The number of hydrogen-bond donors (Lipinski definition) is 2. The minimum atomic E-state index is -1.40. The predicted molar refractivity (Wildman–Crippen MR) is 74.1 cm³/mol. The average Bonchev–Trinajstić information content (AvgIpc) is 2.36. The van der Waals surface area contributed by atoms with Crippen molar-refractivity contribution < 1.29 is 19.7 Å². The maximum absolute atomic E-state index is 10.7. The van der Waals surface area contributed by atoms with Crippen LogP contribution < -0.4 is 4.74 Å². The minimum Gasteiger partial charge on any atom is -0.504 e. The highest BCUT2D eigenvalue weighted by atomic mass is 16.7. The second-order valence-electron chi connectivity index (χ2n) is 4.56. The summed E-state index contributed by atoms with van der Waals surface area (Å²) in [6.07, 6.45) is 2.89. The molecule has 0 saturated carbocycles. The molecule has 0 aliphatic rings. The number of phenolic OH excluding ortho intramolecular Hbond substituents is 1. The number of aryl methyl sites for hydroxylation is 1. The lowest BCUT2D eigenvalue weighted by Gasteiger charge is -2.17. The van der Waals surface area contributed by atoms with Crippen LogP contribution in [0.25, 0.3) is 0 Å². The monoisotopic (exact) mass is 266 g/mol. The van der Waals surface area contributed by atoms with Crippen molar-refractivity contribution in [2.45, 2.75) is 52.9 Å². The highest BCUT2D eigenvalue weighted by Gasteiger charge is 2.18. The Labute approximate surface area is 114 Å². The van der Waals surface area contributed by atoms with Crippen LogP contribution in [0.1, 0.15) is 50.3 Å². The van der Waals surface area contributed by atoms with Gasteiger partial charge in [0.1, 0.15) is 0 Å². The molecular formula is C15H22O4. The van der Waals surface area contributed by atoms with Gasteiger partial charge in [-0.05, 0) is 36.5 Å². The zero-order chi connectivity index (χ0) is 14.4. The van der Waals surface area contributed by atoms with Crippen molar-refractivity contribution in [1.29, 1.82) is 0 Å². The molecule has 4 nitrogen and oxygen atoms in total. The zero-order valence-corrected chi connectivity index (χ0v) is 11.8. The molecule has 1 aromatic carbocycles. The molecule has 0 aliphatic carbocycles. The van der Waals surface area contributed by atoms with Gasteiger partial charge < -0.3 is 14.9 Å². The maximum Gasteiger partial charge on any atom is 0.511 e. The standard InChI is InChI=1S/C15H22O4/c1-4-7-11-10(6-3)9-13(19-15(17)18)14(16)12(11)8-5-2/h9,16H,4-8H2,1-3H3,(H,17,18). The Morgan fingerprint density at radius 3 is 2.21 bits per heavy atom. The predicted octanol–water partition coefficient (Wildman–Crippen LogP) is 3.92. The van der Waals surface area contributed by atoms with Crippen molar-refractivity contribution in [1.82, 2.24) is 0 Å². The average molecular weight is 266 g/mol. The van der Waals surface area contributed by atoms with Crippen molar-refractivity contribution in [3.8, 4) is 11.5 Å². The highest BCUT2D eigenvalue weighted by Crippen LogP contribution is 2.37. The van der Waals surface area contributed by atoms with Gasteiger partial charge in [0.05, 0.1) is 0 Å². The fourth-order valence-electron chi connectivity index (χ4n) is 2.37. The lowest BCUT2D eigenvalue weighted by Crippen LogP contribution is -2.07. The van der Waals surface area contributed by atoms with Gasteiger partial charge >= 0.3 is 6.16 Å². The number of aromatic hydroxyl groups is 1. The van der Waals surface area contributed by atoms with Gasteiger partial charge in [0.15, 0.2) is 11.5 Å². The van der Waals surface area contributed by atoms with Crippen LogP contribution in [0.15, 0.2) is 6.07 Å². The van der Waals surface area contributed by atoms with Crippen LogP contribution >= 0.6 is 0 Å². The van der Waals surface area contributed by atoms with E-state index in [2.05, 4.69) is 11.7 Å². The van der Waals surface area contributed by atoms with Crippen LogP contribution in [0, 0.1) is 0 Å². The normalized spacial score (nSPS) is 10.5. The fraction of sp³-hybridized carbons (Fsp3) is 0.533. The topological polar surface area (TPSA) is 66.8 Å². The maximum atomic E-state index is 10.7. The van der Waals surface area contributed by atoms with Crippen LogP contribution in [0.2, 0.25) is 0 Å². The number of carboxylic acid groups (broad SMARTS) is 1. The van der Waals surface area contributed by atoms with Gasteiger partial charge in [-0.3, -0.25) is 0 Å². The van der Waals surface area contributed by atoms with Gasteiger partial charge in [-0.1, -0.05) is 33.6 Å². The number of rotatable bonds is 6. The van der Waals surface area contributed by atoms with Crippen LogP contribution in [0.3, 0.4) is 0 Å². The molecule has 0 bridgehead atoms. The van der Waals surface area contributed by atoms with Crippen molar-refractivity contribution in [2.24, 2.45) is 0 Å². The van der Waals surface area contributed by atoms with Gasteiger partial charge in [0.2, 0.25) is 0 Å². The molecule has 0 unspecified atom stereocenters. The Morgan fingerprint density at radius 1 is 1.16 bits per heavy atom. The number of benzene rings is 1. The summed E-state index contributed by atoms with van der Waals surface area (Å²) >= 11 is 0. The van der Waals surface area contributed by atoms with Crippen LogP contribution in [-0.4, -0.2) is 16.4 Å². The fourth-order valence-corrected chi connectivity index (χ4v) is 2.37. The lowest BCUT2D eigenvalue weighted by molar-refractivity contribution is 0.142. The van der Waals surface area contributed by atoms with Gasteiger partial charge in [-0.25, -0.2) is 4.79 Å². The Morgan fingerprint density at radius 2 is 1.74 bits per heavy atom. The van der Waals surface area contributed by atoms with Gasteiger partial charge in [0, 0.05) is 5.56 Å². The molecule has 0 aromatic heterocycles. The molecule has 1 rings (SSSR count). The van der Waals surface area contributed by atoms with Crippen molar-refractivity contribution in [2.75, 3.05) is 0 Å². The van der Waals surface area contributed by atoms with Crippen LogP contribution in [0.5, 0.6) is 11.5 Å². The molecule has 106 valence electrons. The smallest absolute Gasteiger partial charge is 0.504 e. The molecule has 0 amide bonds. The zero-order valence-electron chi connectivity index (χ0n) is 11.8. The third-order valence-electron chi connectivity index (χ3n) is 3.15. The summed E-state index contributed by atoms with van der Waals surface area (Å²) in [5.74, 6) is 0.0255. The lowest BCUT2D eigenvalue weighted by atomic mass is 9.92. The van der Waals surface area contributed by atoms with Gasteiger partial charge in [0.25, 0.3) is 0 Å². The molecule has 0 saturated heterocycles. The SMILES string of the molecule is CCCc1c(CC)cc(OC(=O)O)c(O)c1CCC. The van der Waals surface area contributed by atoms with Crippen LogP contribution in [-0.2, 0) is 19.3 Å². The van der Waals surface area contributed by atoms with E-state index in [1.807, 2.05) is 13.8 Å². The Kier molecular flexibility index (Phi) is 5.67. The Hall–Kier alpha value is -1.71. The molecule has 0 heterocycles. The van der Waals surface area contributed by atoms with Crippen molar-refractivity contribution in [3.63, 3.8) is 0 Å². The second kappa shape index (κ2) is 7.02. The Balaban J connectivity index is 3.38. The van der Waals surface area contributed by atoms with E-state index in [0.29, 0.717) is 0 Å². The van der Waals surface area contributed by atoms with Crippen molar-refractivity contribution >= 4 is 6.16 Å². The third-order valence-corrected chi connectivity index (χ3v) is 3.15. The molecule has 0 fully saturated rings. The van der Waals surface area contributed by atoms with Crippen molar-refractivity contribution in [3.05, 3.63) is 22.8 Å². The minimum absolute atomic E-state index is 0.0232. The summed E-state index contributed by atoms with van der Waals surface area (Å²) in [6.45, 7) is 6.14. The molecule has 19 heavy (non-hydrogen) atoms. The quantitative estimate of drug-likeness (QED) is 0.605. The first-order valence-corrected chi connectivity index (χ1v) is 6.82. The summed E-state index contributed by atoms with van der Waals surface area (Å²) in [6, 6.07) is 1.65. The van der Waals surface area contributed by atoms with E-state index in [0.717, 1.165) is 48.8 Å². The molecule has 0 radical (unpaired) electrons. The number of ether oxygens (including phenoxy) is 1. The summed E-state index contributed by atoms with van der Waals surface area (Å²) < 4.78 is 4.67. The summed E-state index contributed by atoms with van der Waals surface area (Å²) in [4.78, 5) is 10.7. The highest BCUT2D eigenvalue weighted by molar-refractivity contribution is 5.65. The second-order valence-corrected chi connectivity index (χ2v) is 4.56. The third kappa shape index (κ3) is 3.63. The van der Waals surface area contributed by atoms with Gasteiger partial charge in [-0.15, -0.1) is 0 Å². The van der Waals surface area contributed by atoms with E-state index < -0.39 is 6.16 Å². The van der Waals surface area contributed by atoms with E-state index in [1.54, 1.807) is 6.07 Å². The first kappa shape index (κ1) is 15.3. The first-order valence-electron chi connectivity index (χ1n) is 6.82. The van der Waals surface area contributed by atoms with E-state index in [-0.39, 0.29) is 11.5 Å². The molecule has 1 aromatic rings. The van der Waals surface area contributed by atoms with E-state index in [1.165, 1.54) is 0 Å². The summed E-state index contributed by atoms with van der Waals surface area (Å²) in [5.41, 5.74) is 3.03. The molecule has 0 atom stereocenters. The number of phenols is 1. The van der Waals surface area contributed by atoms with E-state index >= 15 is 0 Å². The Bertz CT molecular complexity index is 452. The molecule has 2 N–H and O–H groups in total. The van der Waals surface area contributed by atoms with Crippen LogP contribution in [0.4, 0.5) is 4.79 Å². The molecule has 4 heteroatoms. The molecule has 0 aliphatic heterocycles. The molecular weight excluding hydrogens is 244 g/mol. The van der Waals surface area contributed by atoms with E-state index in [4.69, 9.17) is 5.11 Å².